The van der Waals surface area contributed by atoms with Crippen LogP contribution in [0.5, 0.6) is 0 Å². The molecule has 1 unspecified atom stereocenters. The summed E-state index contributed by atoms with van der Waals surface area (Å²) in [5.74, 6) is 0. The minimum Gasteiger partial charge on any atom is -0.465 e. The van der Waals surface area contributed by atoms with Crippen molar-refractivity contribution < 1.29 is 33.2 Å². The van der Waals surface area contributed by atoms with Crippen LogP contribution < -0.4 is 5.32 Å². The molecule has 0 spiro atoms. The van der Waals surface area contributed by atoms with Gasteiger partial charge < -0.3 is 15.5 Å². The highest BCUT2D eigenvalue weighted by Crippen LogP contribution is 2.23. The van der Waals surface area contributed by atoms with Crippen molar-refractivity contribution in [1.82, 2.24) is 9.79 Å². The molecule has 0 fully saturated rings. The highest BCUT2D eigenvalue weighted by Gasteiger charge is 2.31. The third-order valence-corrected chi connectivity index (χ3v) is 5.24. The van der Waals surface area contributed by atoms with Gasteiger partial charge in [0.15, 0.2) is 0 Å². The van der Waals surface area contributed by atoms with E-state index in [9.17, 15) is 28.4 Å². The molecule has 1 aromatic carbocycles. The number of hydroxylamine groups is 1. The van der Waals surface area contributed by atoms with Gasteiger partial charge in [-0.3, -0.25) is 15.0 Å². The average molecular weight is 405 g/mol. The SMILES string of the molecule is CCC(CC)ON(CC(O)CNC(=O)O)S(=O)(=O)c1cccc([N+](=O)[O-])c1. The van der Waals surface area contributed by atoms with Crippen molar-refractivity contribution in [2.24, 2.45) is 0 Å². The molecule has 1 aromatic rings. The minimum atomic E-state index is -4.33. The summed E-state index contributed by atoms with van der Waals surface area (Å²) in [6.07, 6.45) is -2.26. The molecule has 0 saturated heterocycles. The first kappa shape index (κ1) is 22.8. The van der Waals surface area contributed by atoms with Gasteiger partial charge >= 0.3 is 6.09 Å². The van der Waals surface area contributed by atoms with Gasteiger partial charge in [-0.1, -0.05) is 24.4 Å². The summed E-state index contributed by atoms with van der Waals surface area (Å²) in [5, 5.41) is 31.4. The van der Waals surface area contributed by atoms with Crippen LogP contribution in [0.1, 0.15) is 26.7 Å². The number of benzene rings is 1. The Morgan fingerprint density at radius 3 is 2.52 bits per heavy atom. The molecule has 152 valence electrons. The van der Waals surface area contributed by atoms with E-state index in [2.05, 4.69) is 0 Å². The van der Waals surface area contributed by atoms with Crippen LogP contribution in [0.15, 0.2) is 29.2 Å². The fourth-order valence-corrected chi connectivity index (χ4v) is 3.48. The van der Waals surface area contributed by atoms with E-state index in [0.29, 0.717) is 17.3 Å². The molecular formula is C15H23N3O8S. The number of non-ortho nitro benzene ring substituents is 1. The quantitative estimate of drug-likeness (QED) is 0.367. The number of hydrogen-bond donors (Lipinski definition) is 3. The maximum atomic E-state index is 12.9. The molecule has 12 heteroatoms. The Labute approximate surface area is 156 Å². The molecule has 3 N–H and O–H groups in total. The first-order valence-electron chi connectivity index (χ1n) is 8.20. The Balaban J connectivity index is 3.16. The van der Waals surface area contributed by atoms with Crippen LogP contribution in [-0.4, -0.2) is 59.4 Å². The standard InChI is InChI=1S/C15H23N3O8S/c1-3-13(4-2)26-17(10-12(19)9-16-15(20)21)27(24,25)14-7-5-6-11(8-14)18(22)23/h5-8,12-13,16,19H,3-4,9-10H2,1-2H3,(H,20,21). The molecule has 1 atom stereocenters. The Morgan fingerprint density at radius 2 is 2.00 bits per heavy atom. The van der Waals surface area contributed by atoms with Gasteiger partial charge in [0.2, 0.25) is 0 Å². The van der Waals surface area contributed by atoms with E-state index in [0.717, 1.165) is 12.1 Å². The van der Waals surface area contributed by atoms with Gasteiger partial charge in [0.05, 0.1) is 28.6 Å². The highest BCUT2D eigenvalue weighted by molar-refractivity contribution is 7.89. The Hall–Kier alpha value is -2.28. The predicted octanol–water partition coefficient (Wildman–Crippen LogP) is 1.33. The lowest BCUT2D eigenvalue weighted by atomic mass is 10.2. The van der Waals surface area contributed by atoms with Crippen LogP contribution >= 0.6 is 0 Å². The van der Waals surface area contributed by atoms with Crippen LogP contribution in [0.4, 0.5) is 10.5 Å². The molecule has 1 rings (SSSR count). The second kappa shape index (κ2) is 10.2. The van der Waals surface area contributed by atoms with Crippen molar-refractivity contribution in [1.29, 1.82) is 0 Å². The Morgan fingerprint density at radius 1 is 1.37 bits per heavy atom. The van der Waals surface area contributed by atoms with Crippen molar-refractivity contribution in [3.05, 3.63) is 34.4 Å². The van der Waals surface area contributed by atoms with E-state index in [1.807, 2.05) is 5.32 Å². The summed E-state index contributed by atoms with van der Waals surface area (Å²) >= 11 is 0. The van der Waals surface area contributed by atoms with Gasteiger partial charge in [-0.05, 0) is 18.9 Å². The van der Waals surface area contributed by atoms with Gasteiger partial charge in [-0.2, -0.15) is 0 Å². The zero-order chi connectivity index (χ0) is 20.6. The van der Waals surface area contributed by atoms with Gasteiger partial charge in [-0.15, -0.1) is 0 Å². The molecule has 0 aliphatic carbocycles. The number of rotatable bonds is 11. The Bertz CT molecular complexity index is 751. The first-order chi connectivity index (χ1) is 12.6. The van der Waals surface area contributed by atoms with Crippen molar-refractivity contribution in [3.8, 4) is 0 Å². The molecule has 0 bridgehead atoms. The molecule has 0 aliphatic rings. The van der Waals surface area contributed by atoms with Crippen molar-refractivity contribution in [2.75, 3.05) is 13.1 Å². The van der Waals surface area contributed by atoms with Crippen molar-refractivity contribution in [2.45, 2.75) is 43.8 Å². The van der Waals surface area contributed by atoms with E-state index in [1.54, 1.807) is 13.8 Å². The van der Waals surface area contributed by atoms with E-state index in [-0.39, 0.29) is 4.90 Å². The summed E-state index contributed by atoms with van der Waals surface area (Å²) in [4.78, 5) is 25.8. The van der Waals surface area contributed by atoms with E-state index in [4.69, 9.17) is 9.94 Å². The third-order valence-electron chi connectivity index (χ3n) is 3.62. The molecule has 11 nitrogen and oxygen atoms in total. The average Bonchev–Trinajstić information content (AvgIpc) is 2.63. The number of carboxylic acid groups (broad SMARTS) is 1. The summed E-state index contributed by atoms with van der Waals surface area (Å²) in [7, 11) is -4.33. The van der Waals surface area contributed by atoms with E-state index >= 15 is 0 Å². The zero-order valence-corrected chi connectivity index (χ0v) is 15.8. The third kappa shape index (κ3) is 6.75. The summed E-state index contributed by atoms with van der Waals surface area (Å²) in [5.41, 5.74) is -0.411. The smallest absolute Gasteiger partial charge is 0.404 e. The van der Waals surface area contributed by atoms with Crippen LogP contribution in [0, 0.1) is 10.1 Å². The van der Waals surface area contributed by atoms with Crippen LogP contribution in [0.25, 0.3) is 0 Å². The largest absolute Gasteiger partial charge is 0.465 e. The molecule has 0 aromatic heterocycles. The van der Waals surface area contributed by atoms with Crippen molar-refractivity contribution in [3.63, 3.8) is 0 Å². The molecule has 0 heterocycles. The van der Waals surface area contributed by atoms with Gasteiger partial charge in [0, 0.05) is 18.7 Å². The number of hydrogen-bond acceptors (Lipinski definition) is 7. The van der Waals surface area contributed by atoms with Gasteiger partial charge in [0.25, 0.3) is 15.7 Å². The molecule has 0 saturated carbocycles. The number of carbonyl (C=O) groups is 1. The summed E-state index contributed by atoms with van der Waals surface area (Å²) < 4.78 is 26.3. The molecule has 27 heavy (non-hydrogen) atoms. The van der Waals surface area contributed by atoms with Crippen LogP contribution in [0.2, 0.25) is 0 Å². The van der Waals surface area contributed by atoms with Gasteiger partial charge in [0.1, 0.15) is 0 Å². The summed E-state index contributed by atoms with van der Waals surface area (Å²) in [6.45, 7) is 2.61. The predicted molar refractivity (Wildman–Crippen MR) is 94.5 cm³/mol. The topological polar surface area (TPSA) is 159 Å². The highest BCUT2D eigenvalue weighted by atomic mass is 32.2. The maximum absolute atomic E-state index is 12.9. The fraction of sp³-hybridized carbons (Fsp3) is 0.533. The fourth-order valence-electron chi connectivity index (χ4n) is 2.12. The monoisotopic (exact) mass is 405 g/mol. The lowest BCUT2D eigenvalue weighted by Crippen LogP contribution is -2.44. The number of nitrogens with zero attached hydrogens (tertiary/aromatic N) is 2. The lowest BCUT2D eigenvalue weighted by molar-refractivity contribution is -0.385. The zero-order valence-electron chi connectivity index (χ0n) is 14.9. The number of aliphatic hydroxyl groups is 1. The number of nitrogens with one attached hydrogen (secondary N) is 1. The number of aliphatic hydroxyl groups excluding tert-OH is 1. The second-order valence-corrected chi connectivity index (χ2v) is 7.46. The number of sulfonamides is 1. The van der Waals surface area contributed by atoms with Crippen LogP contribution in [-0.2, 0) is 14.9 Å². The van der Waals surface area contributed by atoms with E-state index < -0.39 is 52.0 Å². The molecule has 0 aliphatic heterocycles. The maximum Gasteiger partial charge on any atom is 0.404 e. The normalized spacial score (nSPS) is 12.9. The number of nitro benzene ring substituents is 1. The minimum absolute atomic E-state index is 0.374. The van der Waals surface area contributed by atoms with Crippen LogP contribution in [0.3, 0.4) is 0 Å². The first-order valence-corrected chi connectivity index (χ1v) is 9.64. The lowest BCUT2D eigenvalue weighted by Gasteiger charge is -2.27. The molecule has 1 amide bonds. The van der Waals surface area contributed by atoms with Gasteiger partial charge in [-0.25, -0.2) is 13.2 Å². The number of amides is 1. The second-order valence-electron chi connectivity index (χ2n) is 5.63. The number of nitro groups is 1. The Kier molecular flexibility index (Phi) is 8.56. The molecule has 0 radical (unpaired) electrons. The van der Waals surface area contributed by atoms with E-state index in [1.165, 1.54) is 12.1 Å². The van der Waals surface area contributed by atoms with Crippen molar-refractivity contribution >= 4 is 21.8 Å². The summed E-state index contributed by atoms with van der Waals surface area (Å²) in [6, 6.07) is 4.44. The molecular weight excluding hydrogens is 382 g/mol.